The largest absolute Gasteiger partial charge is 0.379 e. The fourth-order valence-corrected chi connectivity index (χ4v) is 1.23. The Kier molecular flexibility index (Phi) is 4.32. The van der Waals surface area contributed by atoms with Crippen molar-refractivity contribution in [2.24, 2.45) is 0 Å². The molecule has 0 saturated heterocycles. The number of imidazole rings is 1. The third-order valence-electron chi connectivity index (χ3n) is 2.01. The first-order chi connectivity index (χ1) is 6.74. The molecule has 0 aliphatic heterocycles. The summed E-state index contributed by atoms with van der Waals surface area (Å²) in [6, 6.07) is 0. The molecule has 0 radical (unpaired) electrons. The lowest BCUT2D eigenvalue weighted by molar-refractivity contribution is 0.0626. The van der Waals surface area contributed by atoms with E-state index in [1.807, 2.05) is 13.8 Å². The molecule has 0 aromatic carbocycles. The molecule has 4 heteroatoms. The minimum atomic E-state index is 0.0639. The normalized spacial score (nSPS) is 12.7. The first kappa shape index (κ1) is 10.9. The van der Waals surface area contributed by atoms with Gasteiger partial charge in [0.15, 0.2) is 0 Å². The van der Waals surface area contributed by atoms with E-state index in [1.165, 1.54) is 10.9 Å². The van der Waals surface area contributed by atoms with E-state index in [9.17, 15) is 4.79 Å². The van der Waals surface area contributed by atoms with Gasteiger partial charge in [-0.15, -0.1) is 0 Å². The Bertz CT molecular complexity index is 270. The third kappa shape index (κ3) is 3.30. The molecule has 1 aromatic heterocycles. The van der Waals surface area contributed by atoms with Gasteiger partial charge in [0.25, 0.3) is 0 Å². The van der Waals surface area contributed by atoms with E-state index in [4.69, 9.17) is 4.74 Å². The van der Waals surface area contributed by atoms with Gasteiger partial charge in [0.2, 0.25) is 5.91 Å². The number of carbonyl (C=O) groups is 1. The van der Waals surface area contributed by atoms with Crippen LogP contribution in [0.3, 0.4) is 0 Å². The zero-order valence-corrected chi connectivity index (χ0v) is 8.64. The smallest absolute Gasteiger partial charge is 0.231 e. The van der Waals surface area contributed by atoms with Crippen molar-refractivity contribution >= 4 is 5.91 Å². The molecule has 0 saturated carbocycles. The van der Waals surface area contributed by atoms with Crippen LogP contribution in [0.5, 0.6) is 0 Å². The lowest BCUT2D eigenvalue weighted by Crippen LogP contribution is -2.14. The Morgan fingerprint density at radius 3 is 3.00 bits per heavy atom. The van der Waals surface area contributed by atoms with Crippen LogP contribution in [0, 0.1) is 0 Å². The molecule has 0 N–H and O–H groups in total. The van der Waals surface area contributed by atoms with Gasteiger partial charge in [-0.1, -0.05) is 0 Å². The molecule has 4 nitrogen and oxygen atoms in total. The van der Waals surface area contributed by atoms with Crippen LogP contribution in [0.15, 0.2) is 18.7 Å². The van der Waals surface area contributed by atoms with Crippen LogP contribution in [0.2, 0.25) is 0 Å². The number of carbonyl (C=O) groups excluding carboxylic acids is 1. The van der Waals surface area contributed by atoms with E-state index in [1.54, 1.807) is 12.4 Å². The Morgan fingerprint density at radius 1 is 1.64 bits per heavy atom. The van der Waals surface area contributed by atoms with Gasteiger partial charge in [0, 0.05) is 25.4 Å². The van der Waals surface area contributed by atoms with Gasteiger partial charge in [-0.25, -0.2) is 4.98 Å². The van der Waals surface area contributed by atoms with Crippen LogP contribution in [-0.4, -0.2) is 28.2 Å². The number of hydrogen-bond donors (Lipinski definition) is 0. The number of ether oxygens (including phenoxy) is 1. The lowest BCUT2D eigenvalue weighted by Gasteiger charge is -2.10. The number of hydrogen-bond acceptors (Lipinski definition) is 3. The third-order valence-corrected chi connectivity index (χ3v) is 2.01. The maximum atomic E-state index is 11.5. The van der Waals surface area contributed by atoms with Gasteiger partial charge >= 0.3 is 0 Å². The summed E-state index contributed by atoms with van der Waals surface area (Å²) in [5.41, 5.74) is 0. The SMILES string of the molecule is CCOC(C)CCC(=O)n1ccnc1. The highest BCUT2D eigenvalue weighted by Crippen LogP contribution is 2.03. The highest BCUT2D eigenvalue weighted by Gasteiger charge is 2.07. The van der Waals surface area contributed by atoms with Gasteiger partial charge in [0.05, 0.1) is 6.10 Å². The van der Waals surface area contributed by atoms with E-state index in [0.29, 0.717) is 13.0 Å². The van der Waals surface area contributed by atoms with Crippen molar-refractivity contribution in [2.75, 3.05) is 6.61 Å². The summed E-state index contributed by atoms with van der Waals surface area (Å²) in [6.45, 7) is 4.62. The molecule has 78 valence electrons. The molecule has 0 spiro atoms. The maximum Gasteiger partial charge on any atom is 0.231 e. The topological polar surface area (TPSA) is 44.1 Å². The van der Waals surface area contributed by atoms with Crippen LogP contribution < -0.4 is 0 Å². The summed E-state index contributed by atoms with van der Waals surface area (Å²) < 4.78 is 6.83. The number of nitrogens with zero attached hydrogens (tertiary/aromatic N) is 2. The summed E-state index contributed by atoms with van der Waals surface area (Å²) in [6.07, 6.45) is 6.18. The first-order valence-corrected chi connectivity index (χ1v) is 4.86. The van der Waals surface area contributed by atoms with Crippen molar-refractivity contribution < 1.29 is 9.53 Å². The Labute approximate surface area is 83.9 Å². The van der Waals surface area contributed by atoms with E-state index in [2.05, 4.69) is 4.98 Å². The molecule has 0 fully saturated rings. The Balaban J connectivity index is 2.28. The van der Waals surface area contributed by atoms with E-state index < -0.39 is 0 Å². The molecule has 0 bridgehead atoms. The van der Waals surface area contributed by atoms with Crippen molar-refractivity contribution in [3.63, 3.8) is 0 Å². The molecule has 0 amide bonds. The molecule has 0 aliphatic carbocycles. The van der Waals surface area contributed by atoms with Crippen molar-refractivity contribution in [3.8, 4) is 0 Å². The molecule has 14 heavy (non-hydrogen) atoms. The van der Waals surface area contributed by atoms with E-state index >= 15 is 0 Å². The number of aromatic nitrogens is 2. The molecular weight excluding hydrogens is 180 g/mol. The average molecular weight is 196 g/mol. The average Bonchev–Trinajstić information content (AvgIpc) is 2.67. The molecule has 1 aromatic rings. The predicted octanol–water partition coefficient (Wildman–Crippen LogP) is 1.73. The summed E-state index contributed by atoms with van der Waals surface area (Å²) >= 11 is 0. The minimum absolute atomic E-state index is 0.0639. The van der Waals surface area contributed by atoms with Crippen LogP contribution in [0.25, 0.3) is 0 Å². The monoisotopic (exact) mass is 196 g/mol. The second-order valence-corrected chi connectivity index (χ2v) is 3.17. The Morgan fingerprint density at radius 2 is 2.43 bits per heavy atom. The number of rotatable bonds is 5. The van der Waals surface area contributed by atoms with Crippen LogP contribution in [0.1, 0.15) is 31.5 Å². The highest BCUT2D eigenvalue weighted by atomic mass is 16.5. The van der Waals surface area contributed by atoms with Crippen molar-refractivity contribution in [1.29, 1.82) is 0 Å². The summed E-state index contributed by atoms with van der Waals surface area (Å²) in [5.74, 6) is 0.0639. The maximum absolute atomic E-state index is 11.5. The lowest BCUT2D eigenvalue weighted by atomic mass is 10.2. The highest BCUT2D eigenvalue weighted by molar-refractivity contribution is 5.78. The van der Waals surface area contributed by atoms with Crippen molar-refractivity contribution in [2.45, 2.75) is 32.8 Å². The molecular formula is C10H16N2O2. The van der Waals surface area contributed by atoms with Gasteiger partial charge in [0.1, 0.15) is 6.33 Å². The standard InChI is InChI=1S/C10H16N2O2/c1-3-14-9(2)4-5-10(13)12-7-6-11-8-12/h6-9H,3-5H2,1-2H3. The van der Waals surface area contributed by atoms with Crippen LogP contribution >= 0.6 is 0 Å². The van der Waals surface area contributed by atoms with Crippen molar-refractivity contribution in [3.05, 3.63) is 18.7 Å². The molecule has 0 aliphatic rings. The molecule has 1 heterocycles. The fraction of sp³-hybridized carbons (Fsp3) is 0.600. The first-order valence-electron chi connectivity index (χ1n) is 4.86. The second-order valence-electron chi connectivity index (χ2n) is 3.17. The molecule has 1 atom stereocenters. The van der Waals surface area contributed by atoms with Crippen LogP contribution in [0.4, 0.5) is 0 Å². The van der Waals surface area contributed by atoms with Gasteiger partial charge in [-0.05, 0) is 20.3 Å². The predicted molar refractivity (Wildman–Crippen MR) is 53.2 cm³/mol. The van der Waals surface area contributed by atoms with Gasteiger partial charge in [-0.3, -0.25) is 9.36 Å². The summed E-state index contributed by atoms with van der Waals surface area (Å²) in [7, 11) is 0. The zero-order chi connectivity index (χ0) is 10.4. The minimum Gasteiger partial charge on any atom is -0.379 e. The molecule has 1 rings (SSSR count). The van der Waals surface area contributed by atoms with Gasteiger partial charge in [-0.2, -0.15) is 0 Å². The van der Waals surface area contributed by atoms with E-state index in [-0.39, 0.29) is 12.0 Å². The summed E-state index contributed by atoms with van der Waals surface area (Å²) in [4.78, 5) is 15.3. The van der Waals surface area contributed by atoms with Crippen LogP contribution in [-0.2, 0) is 4.74 Å². The summed E-state index contributed by atoms with van der Waals surface area (Å²) in [5, 5.41) is 0. The zero-order valence-electron chi connectivity index (χ0n) is 8.64. The Hall–Kier alpha value is -1.16. The fourth-order valence-electron chi connectivity index (χ4n) is 1.23. The second kappa shape index (κ2) is 5.54. The van der Waals surface area contributed by atoms with Crippen molar-refractivity contribution in [1.82, 2.24) is 9.55 Å². The van der Waals surface area contributed by atoms with E-state index in [0.717, 1.165) is 6.42 Å². The quantitative estimate of drug-likeness (QED) is 0.720. The van der Waals surface area contributed by atoms with Gasteiger partial charge < -0.3 is 4.74 Å². The molecule has 1 unspecified atom stereocenters.